The predicted molar refractivity (Wildman–Crippen MR) is 52.6 cm³/mol. The molecular formula is C12H2F8O. The summed E-state index contributed by atoms with van der Waals surface area (Å²) in [5.74, 6) is -20.0. The molecule has 0 heterocycles. The number of hydrogen-bond acceptors (Lipinski definition) is 1. The van der Waals surface area contributed by atoms with Gasteiger partial charge in [-0.25, -0.2) is 17.6 Å². The number of benzene rings is 2. The summed E-state index contributed by atoms with van der Waals surface area (Å²) in [6.07, 6.45) is 0. The molecule has 1 nitrogen and oxygen atoms in total. The topological polar surface area (TPSA) is 9.23 Å². The van der Waals surface area contributed by atoms with Gasteiger partial charge in [0.05, 0.1) is 0 Å². The number of hydrogen-bond donors (Lipinski definition) is 0. The lowest BCUT2D eigenvalue weighted by Gasteiger charge is -2.11. The maximum atomic E-state index is 13.3. The molecule has 0 saturated carbocycles. The largest absolute Gasteiger partial charge is 0.444 e. The zero-order chi connectivity index (χ0) is 15.9. The molecule has 2 rings (SSSR count). The van der Waals surface area contributed by atoms with E-state index in [1.165, 1.54) is 0 Å². The van der Waals surface area contributed by atoms with Crippen molar-refractivity contribution in [3.63, 3.8) is 0 Å². The predicted octanol–water partition coefficient (Wildman–Crippen LogP) is 4.59. The molecule has 0 aliphatic carbocycles. The second-order valence-corrected chi connectivity index (χ2v) is 3.70. The highest BCUT2D eigenvalue weighted by molar-refractivity contribution is 5.37. The molecule has 2 aromatic rings. The molecular weight excluding hydrogens is 312 g/mol. The van der Waals surface area contributed by atoms with Crippen molar-refractivity contribution in [3.8, 4) is 11.5 Å². The molecule has 0 aliphatic rings. The van der Waals surface area contributed by atoms with E-state index >= 15 is 0 Å². The van der Waals surface area contributed by atoms with E-state index in [-0.39, 0.29) is 12.1 Å². The van der Waals surface area contributed by atoms with Crippen LogP contribution in [0.3, 0.4) is 0 Å². The first-order chi connectivity index (χ1) is 9.73. The number of rotatable bonds is 2. The lowest BCUT2D eigenvalue weighted by atomic mass is 10.2. The van der Waals surface area contributed by atoms with Gasteiger partial charge >= 0.3 is 0 Å². The van der Waals surface area contributed by atoms with Crippen LogP contribution in [0.5, 0.6) is 11.5 Å². The summed E-state index contributed by atoms with van der Waals surface area (Å²) < 4.78 is 109. The van der Waals surface area contributed by atoms with Crippen molar-refractivity contribution in [1.29, 1.82) is 0 Å². The molecule has 0 bridgehead atoms. The highest BCUT2D eigenvalue weighted by atomic mass is 19.2. The SMILES string of the molecule is Fc1cc(F)c(F)c(Oc2c(F)c(F)cc(F)c2F)c1F. The van der Waals surface area contributed by atoms with Gasteiger partial charge in [-0.15, -0.1) is 0 Å². The molecule has 112 valence electrons. The first-order valence-electron chi connectivity index (χ1n) is 5.07. The van der Waals surface area contributed by atoms with Crippen LogP contribution in [0.4, 0.5) is 35.1 Å². The van der Waals surface area contributed by atoms with Crippen LogP contribution < -0.4 is 4.74 Å². The second-order valence-electron chi connectivity index (χ2n) is 3.70. The summed E-state index contributed by atoms with van der Waals surface area (Å²) in [5, 5.41) is 0. The van der Waals surface area contributed by atoms with Crippen LogP contribution in [0.2, 0.25) is 0 Å². The second kappa shape index (κ2) is 5.23. The zero-order valence-electron chi connectivity index (χ0n) is 9.59. The van der Waals surface area contributed by atoms with Crippen LogP contribution in [-0.4, -0.2) is 0 Å². The van der Waals surface area contributed by atoms with E-state index in [0.29, 0.717) is 0 Å². The summed E-state index contributed by atoms with van der Waals surface area (Å²) >= 11 is 0. The van der Waals surface area contributed by atoms with Gasteiger partial charge in [0.1, 0.15) is 0 Å². The monoisotopic (exact) mass is 314 g/mol. The highest BCUT2D eigenvalue weighted by Gasteiger charge is 2.26. The van der Waals surface area contributed by atoms with Crippen LogP contribution >= 0.6 is 0 Å². The normalized spacial score (nSPS) is 10.9. The summed E-state index contributed by atoms with van der Waals surface area (Å²) in [5.41, 5.74) is 0. The van der Waals surface area contributed by atoms with Gasteiger partial charge < -0.3 is 4.74 Å². The van der Waals surface area contributed by atoms with Crippen LogP contribution in [-0.2, 0) is 0 Å². The van der Waals surface area contributed by atoms with Gasteiger partial charge in [-0.2, -0.15) is 17.6 Å². The molecule has 0 unspecified atom stereocenters. The lowest BCUT2D eigenvalue weighted by Crippen LogP contribution is -2.04. The third-order valence-corrected chi connectivity index (χ3v) is 2.35. The Hall–Kier alpha value is -2.32. The van der Waals surface area contributed by atoms with Gasteiger partial charge in [0.15, 0.2) is 23.3 Å². The van der Waals surface area contributed by atoms with E-state index in [4.69, 9.17) is 0 Å². The molecule has 0 atom stereocenters. The highest BCUT2D eigenvalue weighted by Crippen LogP contribution is 2.35. The lowest BCUT2D eigenvalue weighted by molar-refractivity contribution is 0.324. The molecule has 0 saturated heterocycles. The molecule has 0 amide bonds. The Morgan fingerprint density at radius 3 is 0.952 bits per heavy atom. The minimum absolute atomic E-state index is 0.184. The number of halogens is 8. The average Bonchev–Trinajstić information content (AvgIpc) is 2.42. The molecule has 0 N–H and O–H groups in total. The van der Waals surface area contributed by atoms with E-state index in [2.05, 4.69) is 4.74 Å². The van der Waals surface area contributed by atoms with Crippen molar-refractivity contribution in [2.24, 2.45) is 0 Å². The van der Waals surface area contributed by atoms with E-state index < -0.39 is 58.0 Å². The fourth-order valence-electron chi connectivity index (χ4n) is 1.38. The van der Waals surface area contributed by atoms with Crippen molar-refractivity contribution in [2.45, 2.75) is 0 Å². The van der Waals surface area contributed by atoms with Crippen LogP contribution in [0.25, 0.3) is 0 Å². The molecule has 0 aliphatic heterocycles. The summed E-state index contributed by atoms with van der Waals surface area (Å²) in [6.45, 7) is 0. The van der Waals surface area contributed by atoms with Gasteiger partial charge in [0, 0.05) is 12.1 Å². The van der Waals surface area contributed by atoms with Crippen molar-refractivity contribution < 1.29 is 39.9 Å². The van der Waals surface area contributed by atoms with Crippen LogP contribution in [0, 0.1) is 46.5 Å². The first-order valence-corrected chi connectivity index (χ1v) is 5.07. The molecule has 9 heteroatoms. The smallest absolute Gasteiger partial charge is 0.205 e. The van der Waals surface area contributed by atoms with Crippen molar-refractivity contribution in [3.05, 3.63) is 58.7 Å². The van der Waals surface area contributed by atoms with E-state index in [1.807, 2.05) is 0 Å². The van der Waals surface area contributed by atoms with Gasteiger partial charge in [0.25, 0.3) is 0 Å². The Kier molecular flexibility index (Phi) is 3.75. The standard InChI is InChI=1S/C12H2F8O/c13-3-1-4(14)8(18)11(7(3)17)21-12-9(19)5(15)2-6(16)10(12)20/h1-2H. The average molecular weight is 314 g/mol. The maximum absolute atomic E-state index is 13.3. The fraction of sp³-hybridized carbons (Fsp3) is 0. The molecule has 21 heavy (non-hydrogen) atoms. The zero-order valence-corrected chi connectivity index (χ0v) is 9.59. The summed E-state index contributed by atoms with van der Waals surface area (Å²) in [4.78, 5) is 0. The Morgan fingerprint density at radius 1 is 0.476 bits per heavy atom. The third kappa shape index (κ3) is 2.50. The van der Waals surface area contributed by atoms with E-state index in [0.717, 1.165) is 0 Å². The summed E-state index contributed by atoms with van der Waals surface area (Å²) in [7, 11) is 0. The van der Waals surface area contributed by atoms with E-state index in [9.17, 15) is 35.1 Å². The van der Waals surface area contributed by atoms with Crippen molar-refractivity contribution in [2.75, 3.05) is 0 Å². The first kappa shape index (κ1) is 15.1. The Balaban J connectivity index is 2.64. The maximum Gasteiger partial charge on any atom is 0.205 e. The number of ether oxygens (including phenoxy) is 1. The minimum atomic E-state index is -2.13. The van der Waals surface area contributed by atoms with Gasteiger partial charge in [-0.05, 0) is 0 Å². The Bertz CT molecular complexity index is 614. The molecule has 0 radical (unpaired) electrons. The van der Waals surface area contributed by atoms with Crippen LogP contribution in [0.1, 0.15) is 0 Å². The van der Waals surface area contributed by atoms with Gasteiger partial charge in [-0.1, -0.05) is 0 Å². The molecule has 0 spiro atoms. The Morgan fingerprint density at radius 2 is 0.714 bits per heavy atom. The minimum Gasteiger partial charge on any atom is -0.444 e. The summed E-state index contributed by atoms with van der Waals surface area (Å²) in [6, 6.07) is -0.368. The quantitative estimate of drug-likeness (QED) is 0.582. The van der Waals surface area contributed by atoms with Gasteiger partial charge in [0.2, 0.25) is 34.8 Å². The third-order valence-electron chi connectivity index (χ3n) is 2.35. The molecule has 0 aromatic heterocycles. The Labute approximate surface area is 111 Å². The van der Waals surface area contributed by atoms with Crippen molar-refractivity contribution in [1.82, 2.24) is 0 Å². The molecule has 2 aromatic carbocycles. The fourth-order valence-corrected chi connectivity index (χ4v) is 1.38. The van der Waals surface area contributed by atoms with Crippen LogP contribution in [0.15, 0.2) is 12.1 Å². The van der Waals surface area contributed by atoms with Crippen molar-refractivity contribution >= 4 is 0 Å². The van der Waals surface area contributed by atoms with E-state index in [1.54, 1.807) is 0 Å². The van der Waals surface area contributed by atoms with Gasteiger partial charge in [-0.3, -0.25) is 0 Å². The molecule has 0 fully saturated rings.